The molecule has 16 heteroatoms. The molecule has 2 bridgehead atoms. The third kappa shape index (κ3) is 14.2. The molecule has 5 rings (SSSR count). The van der Waals surface area contributed by atoms with E-state index in [2.05, 4.69) is 15.5 Å². The quantitative estimate of drug-likeness (QED) is 0.165. The second-order valence-corrected chi connectivity index (χ2v) is 20.9. The minimum absolute atomic E-state index is 0.0335. The van der Waals surface area contributed by atoms with Crippen molar-refractivity contribution in [2.24, 2.45) is 41.4 Å². The van der Waals surface area contributed by atoms with E-state index in [1.165, 1.54) is 12.0 Å². The van der Waals surface area contributed by atoms with E-state index < -0.39 is 65.4 Å². The summed E-state index contributed by atoms with van der Waals surface area (Å²) in [5.41, 5.74) is -0.572. The highest BCUT2D eigenvalue weighted by atomic mass is 16.5. The van der Waals surface area contributed by atoms with Crippen molar-refractivity contribution < 1.29 is 53.1 Å². The molecule has 1 aromatic heterocycles. The summed E-state index contributed by atoms with van der Waals surface area (Å²) >= 11 is 0. The molecule has 16 nitrogen and oxygen atoms in total. The summed E-state index contributed by atoms with van der Waals surface area (Å²) in [5, 5.41) is 35.4. The molecule has 15 atom stereocenters. The molecular weight excluding hydrogens is 883 g/mol. The van der Waals surface area contributed by atoms with Gasteiger partial charge in [-0.05, 0) is 142 Å². The molecule has 1 saturated heterocycles. The Morgan fingerprint density at radius 1 is 0.884 bits per heavy atom. The molecule has 384 valence electrons. The van der Waals surface area contributed by atoms with Crippen molar-refractivity contribution in [3.8, 4) is 0 Å². The number of carbonyl (C=O) groups excluding carboxylic acids is 5. The molecule has 1 amide bonds. The number of tetrazole rings is 1. The molecule has 0 radical (unpaired) electrons. The van der Waals surface area contributed by atoms with Crippen molar-refractivity contribution in [2.45, 2.75) is 180 Å². The fourth-order valence-corrected chi connectivity index (χ4v) is 11.3. The van der Waals surface area contributed by atoms with Crippen LogP contribution in [0, 0.1) is 41.4 Å². The van der Waals surface area contributed by atoms with Gasteiger partial charge in [0.1, 0.15) is 42.1 Å². The first kappa shape index (κ1) is 55.7. The number of ether oxygens (including phenoxy) is 4. The number of methoxy groups -OCH3 is 3. The van der Waals surface area contributed by atoms with Crippen molar-refractivity contribution in [2.75, 3.05) is 27.9 Å². The zero-order chi connectivity index (χ0) is 50.6. The first-order chi connectivity index (χ1) is 32.8. The fourth-order valence-electron chi connectivity index (χ4n) is 11.3. The molecule has 1 aromatic rings. The minimum atomic E-state index is -1.93. The Bertz CT molecular complexity index is 2020. The number of ketones is 3. The highest BCUT2D eigenvalue weighted by molar-refractivity contribution is 6.39. The number of amides is 1. The van der Waals surface area contributed by atoms with Gasteiger partial charge < -0.3 is 34.1 Å². The summed E-state index contributed by atoms with van der Waals surface area (Å²) in [7, 11) is 4.69. The highest BCUT2D eigenvalue weighted by Crippen LogP contribution is 2.42. The average molecular weight is 964 g/mol. The van der Waals surface area contributed by atoms with E-state index in [9.17, 15) is 34.2 Å². The lowest BCUT2D eigenvalue weighted by Crippen LogP contribution is -2.59. The van der Waals surface area contributed by atoms with Gasteiger partial charge >= 0.3 is 5.97 Å². The second kappa shape index (κ2) is 25.8. The van der Waals surface area contributed by atoms with E-state index in [-0.39, 0.29) is 79.3 Å². The topological polar surface area (TPSA) is 210 Å². The molecule has 0 spiro atoms. The van der Waals surface area contributed by atoms with Gasteiger partial charge in [-0.3, -0.25) is 19.2 Å². The molecule has 69 heavy (non-hydrogen) atoms. The Labute approximate surface area is 409 Å². The van der Waals surface area contributed by atoms with Crippen LogP contribution in [0.3, 0.4) is 0 Å². The standard InChI is InChI=1S/C53H81N5O11/c1-32-16-12-11-13-17-33(2)44(66-8)28-40-20-19-38(7)53(65,30-40)50(62)51(63)57-23-15-14-18-42(57)52(64)69-45(35(4)26-39-21-22-41(46(27-39)67-9)58-31-54-55-56-58)29-43(59)34(3)25-37(6)48(61)49(68-10)47(60)36(5)24-32/h11-13,16-17,25,31-32,34-36,38-42,44-46,48-49,61,65H,14-15,18-24,26-30H2,1-10H3/b13-11?,16-12+,33-17?,37-25+/t32-,34-,35-,36-,38-,39+,40?,41+,42+,44+,45+,46-,48-,49+,53+/m1/s1. The Balaban J connectivity index is 1.46. The van der Waals surface area contributed by atoms with Gasteiger partial charge in [-0.15, -0.1) is 5.10 Å². The van der Waals surface area contributed by atoms with Crippen LogP contribution in [0.15, 0.2) is 53.9 Å². The molecule has 2 saturated carbocycles. The molecule has 1 unspecified atom stereocenters. The summed E-state index contributed by atoms with van der Waals surface area (Å²) in [4.78, 5) is 72.6. The van der Waals surface area contributed by atoms with Crippen LogP contribution in [0.5, 0.6) is 0 Å². The van der Waals surface area contributed by atoms with Gasteiger partial charge in [0.15, 0.2) is 5.78 Å². The van der Waals surface area contributed by atoms with Gasteiger partial charge in [0.2, 0.25) is 0 Å². The third-order valence-electron chi connectivity index (χ3n) is 15.8. The minimum Gasteiger partial charge on any atom is -0.460 e. The van der Waals surface area contributed by atoms with E-state index >= 15 is 0 Å². The van der Waals surface area contributed by atoms with Gasteiger partial charge in [0.05, 0.1) is 18.2 Å². The molecule has 2 aliphatic heterocycles. The second-order valence-electron chi connectivity index (χ2n) is 20.9. The van der Waals surface area contributed by atoms with Gasteiger partial charge in [-0.1, -0.05) is 71.1 Å². The predicted molar refractivity (Wildman–Crippen MR) is 259 cm³/mol. The summed E-state index contributed by atoms with van der Waals surface area (Å²) < 4.78 is 25.5. The fraction of sp³-hybridized carbons (Fsp3) is 0.736. The van der Waals surface area contributed by atoms with E-state index in [0.717, 1.165) is 24.8 Å². The summed E-state index contributed by atoms with van der Waals surface area (Å²) in [6.45, 7) is 13.1. The summed E-state index contributed by atoms with van der Waals surface area (Å²) in [5.74, 6) is -4.89. The van der Waals surface area contributed by atoms with Crippen LogP contribution >= 0.6 is 0 Å². The lowest BCUT2D eigenvalue weighted by atomic mass is 9.67. The number of aliphatic hydroxyl groups is 2. The number of esters is 1. The van der Waals surface area contributed by atoms with Crippen LogP contribution < -0.4 is 0 Å². The van der Waals surface area contributed by atoms with Gasteiger partial charge in [-0.2, -0.15) is 0 Å². The number of nitrogens with zero attached hydrogens (tertiary/aromatic N) is 5. The number of cyclic esters (lactones) is 1. The van der Waals surface area contributed by atoms with Crippen LogP contribution in [-0.4, -0.2) is 135 Å². The number of rotatable bonds is 7. The lowest BCUT2D eigenvalue weighted by Gasteiger charge is -2.43. The summed E-state index contributed by atoms with van der Waals surface area (Å²) in [6, 6.07) is -1.13. The number of aromatic nitrogens is 4. The maximum Gasteiger partial charge on any atom is 0.329 e. The van der Waals surface area contributed by atoms with E-state index in [1.54, 1.807) is 52.1 Å². The zero-order valence-electron chi connectivity index (χ0n) is 42.8. The monoisotopic (exact) mass is 964 g/mol. The lowest BCUT2D eigenvalue weighted by molar-refractivity contribution is -0.171. The Morgan fingerprint density at radius 3 is 2.32 bits per heavy atom. The van der Waals surface area contributed by atoms with Crippen molar-refractivity contribution in [3.63, 3.8) is 0 Å². The number of fused-ring (bicyclic) bond motifs is 3. The molecule has 2 aliphatic carbocycles. The van der Waals surface area contributed by atoms with Crippen molar-refractivity contribution in [1.82, 2.24) is 25.1 Å². The molecule has 2 N–H and O–H groups in total. The van der Waals surface area contributed by atoms with Crippen LogP contribution in [0.2, 0.25) is 0 Å². The molecule has 3 heterocycles. The number of piperidine rings is 1. The zero-order valence-corrected chi connectivity index (χ0v) is 42.8. The van der Waals surface area contributed by atoms with E-state index in [0.29, 0.717) is 50.5 Å². The number of allylic oxidation sites excluding steroid dienone is 6. The van der Waals surface area contributed by atoms with Crippen molar-refractivity contribution in [3.05, 3.63) is 53.9 Å². The highest BCUT2D eigenvalue weighted by Gasteiger charge is 2.51. The Morgan fingerprint density at radius 2 is 1.64 bits per heavy atom. The normalized spacial score (nSPS) is 37.5. The molecule has 0 aromatic carbocycles. The number of Topliss-reactive ketones (excluding diaryl/α,β-unsaturated/α-hetero) is 3. The number of aliphatic hydroxyl groups excluding tert-OH is 1. The number of hydrogen-bond donors (Lipinski definition) is 2. The van der Waals surface area contributed by atoms with Crippen LogP contribution in [0.1, 0.15) is 138 Å². The van der Waals surface area contributed by atoms with Crippen LogP contribution in [-0.2, 0) is 42.9 Å². The molecule has 4 aliphatic rings. The number of carbonyl (C=O) groups is 5. The smallest absolute Gasteiger partial charge is 0.329 e. The average Bonchev–Trinajstić information content (AvgIpc) is 3.88. The first-order valence-electron chi connectivity index (χ1n) is 25.4. The maximum absolute atomic E-state index is 14.5. The Hall–Kier alpha value is -4.22. The van der Waals surface area contributed by atoms with E-state index in [1.807, 2.05) is 58.1 Å². The largest absolute Gasteiger partial charge is 0.460 e. The predicted octanol–water partition coefficient (Wildman–Crippen LogP) is 6.71. The third-order valence-corrected chi connectivity index (χ3v) is 15.8. The molecule has 3 fully saturated rings. The Kier molecular flexibility index (Phi) is 20.8. The van der Waals surface area contributed by atoms with Gasteiger partial charge in [0, 0.05) is 46.1 Å². The van der Waals surface area contributed by atoms with Crippen LogP contribution in [0.25, 0.3) is 0 Å². The maximum atomic E-state index is 14.5. The van der Waals surface area contributed by atoms with Crippen LogP contribution in [0.4, 0.5) is 0 Å². The SMILES string of the molecule is CO[C@H]1CC2CC[C@@H](C)[C@@](O)(C2)C(=O)C(=O)N2CCCC[C@H]2C(=O)O[C@H]([C@H](C)C[C@@H]2CC[C@H](n3cnnn3)[C@H](OC)C2)CC(=O)[C@H](C)/C=C(\C)[C@@H](O)[C@@H](OC)C(=O)[C@H](C)C[C@H](C)/C=C/C=CC=C1C. The van der Waals surface area contributed by atoms with Crippen molar-refractivity contribution in [1.29, 1.82) is 0 Å². The molecular formula is C53H81N5O11. The van der Waals surface area contributed by atoms with E-state index in [4.69, 9.17) is 18.9 Å². The number of hydrogen-bond acceptors (Lipinski definition) is 14. The first-order valence-corrected chi connectivity index (χ1v) is 25.4. The van der Waals surface area contributed by atoms with Crippen molar-refractivity contribution >= 4 is 29.2 Å². The summed E-state index contributed by atoms with van der Waals surface area (Å²) in [6.07, 6.45) is 15.8. The van der Waals surface area contributed by atoms with Gasteiger partial charge in [-0.25, -0.2) is 9.48 Å². The van der Waals surface area contributed by atoms with Gasteiger partial charge in [0.25, 0.3) is 11.7 Å².